The van der Waals surface area contributed by atoms with Crippen molar-refractivity contribution in [1.82, 2.24) is 18.8 Å². The number of unbranched alkanes of at least 4 members (excludes halogenated alkanes) is 4. The van der Waals surface area contributed by atoms with E-state index in [1.165, 1.54) is 6.07 Å². The third kappa shape index (κ3) is 8.32. The van der Waals surface area contributed by atoms with Crippen LogP contribution in [0, 0.1) is 6.92 Å². The molecule has 0 aliphatic carbocycles. The molecule has 0 radical (unpaired) electrons. The second-order valence-electron chi connectivity index (χ2n) is 11.1. The lowest BCUT2D eigenvalue weighted by Crippen LogP contribution is -2.42. The summed E-state index contributed by atoms with van der Waals surface area (Å²) in [6.45, 7) is 12.8. The molecule has 7 nitrogen and oxygen atoms in total. The molecule has 10 heteroatoms. The Morgan fingerprint density at radius 3 is 1.86 bits per heavy atom. The predicted octanol–water partition coefficient (Wildman–Crippen LogP) is 9.43. The number of carbonyl (C=O) groups is 2. The summed E-state index contributed by atoms with van der Waals surface area (Å²) in [5, 5.41) is 3.76. The Labute approximate surface area is 267 Å². The first kappa shape index (κ1) is 35.3. The van der Waals surface area contributed by atoms with Crippen LogP contribution < -0.4 is 5.09 Å². The minimum atomic E-state index is -3.53. The smallest absolute Gasteiger partial charge is 0.311 e. The number of rotatable bonds is 18. The minimum Gasteiger partial charge on any atom is -0.313 e. The quantitative estimate of drug-likeness (QED) is 0.110. The first-order chi connectivity index (χ1) is 20.6. The first-order valence-electron chi connectivity index (χ1n) is 15.7. The number of fused-ring (bicyclic) bond motifs is 1. The zero-order valence-corrected chi connectivity index (χ0v) is 28.7. The topological polar surface area (TPSA) is 74.1 Å². The highest BCUT2D eigenvalue weighted by Gasteiger charge is 2.39. The maximum Gasteiger partial charge on any atom is 0.311 e. The molecule has 0 spiro atoms. The van der Waals surface area contributed by atoms with Gasteiger partial charge in [-0.25, -0.2) is 9.34 Å². The van der Waals surface area contributed by atoms with E-state index in [-0.39, 0.29) is 10.8 Å². The lowest BCUT2D eigenvalue weighted by Gasteiger charge is -2.39. The van der Waals surface area contributed by atoms with Crippen molar-refractivity contribution in [2.45, 2.75) is 86.0 Å². The Balaban J connectivity index is 2.15. The number of ketones is 1. The Kier molecular flexibility index (Phi) is 13.8. The van der Waals surface area contributed by atoms with Gasteiger partial charge in [0.15, 0.2) is 0 Å². The van der Waals surface area contributed by atoms with Gasteiger partial charge in [-0.15, -0.1) is 0 Å². The molecule has 236 valence electrons. The molecule has 3 aromatic rings. The summed E-state index contributed by atoms with van der Waals surface area (Å²) in [6, 6.07) is 10.2. The summed E-state index contributed by atoms with van der Waals surface area (Å²) in [6.07, 6.45) is 9.14. The lowest BCUT2D eigenvalue weighted by atomic mass is 10.0. The maximum absolute atomic E-state index is 15.3. The third-order valence-corrected chi connectivity index (χ3v) is 11.2. The van der Waals surface area contributed by atoms with E-state index in [2.05, 4.69) is 32.8 Å². The molecule has 3 rings (SSSR count). The second kappa shape index (κ2) is 16.8. The van der Waals surface area contributed by atoms with Crippen LogP contribution in [0.15, 0.2) is 42.6 Å². The van der Waals surface area contributed by atoms with E-state index >= 15 is 4.57 Å². The van der Waals surface area contributed by atoms with Gasteiger partial charge in [-0.2, -0.15) is 0 Å². The molecule has 0 saturated carbocycles. The molecule has 43 heavy (non-hydrogen) atoms. The van der Waals surface area contributed by atoms with Crippen molar-refractivity contribution >= 4 is 48.0 Å². The van der Waals surface area contributed by atoms with Crippen LogP contribution in [0.2, 0.25) is 10.0 Å². The van der Waals surface area contributed by atoms with Crippen molar-refractivity contribution in [1.29, 1.82) is 0 Å². The number of aromatic nitrogens is 1. The third-order valence-electron chi connectivity index (χ3n) is 7.80. The molecule has 1 aromatic carbocycles. The maximum atomic E-state index is 15.3. The van der Waals surface area contributed by atoms with Gasteiger partial charge in [0.25, 0.3) is 5.91 Å². The van der Waals surface area contributed by atoms with Crippen molar-refractivity contribution < 1.29 is 14.2 Å². The number of benzene rings is 1. The van der Waals surface area contributed by atoms with Gasteiger partial charge in [-0.1, -0.05) is 82.6 Å². The molecular weight excluding hydrogens is 602 g/mol. The number of hydrogen-bond acceptors (Lipinski definition) is 3. The van der Waals surface area contributed by atoms with Gasteiger partial charge in [0.1, 0.15) is 0 Å². The van der Waals surface area contributed by atoms with Crippen LogP contribution in [0.1, 0.15) is 111 Å². The Morgan fingerprint density at radius 2 is 1.37 bits per heavy atom. The van der Waals surface area contributed by atoms with Crippen LogP contribution in [0.5, 0.6) is 0 Å². The van der Waals surface area contributed by atoms with Gasteiger partial charge in [-0.3, -0.25) is 19.2 Å². The fourth-order valence-electron chi connectivity index (χ4n) is 5.34. The molecule has 0 aliphatic rings. The number of pyridine rings is 1. The summed E-state index contributed by atoms with van der Waals surface area (Å²) in [7, 11) is -3.53. The van der Waals surface area contributed by atoms with Crippen LogP contribution in [-0.2, 0) is 4.57 Å². The van der Waals surface area contributed by atoms with E-state index in [0.717, 1.165) is 51.4 Å². The van der Waals surface area contributed by atoms with Crippen LogP contribution >= 0.6 is 30.8 Å². The highest BCUT2D eigenvalue weighted by molar-refractivity contribution is 7.57. The number of halogens is 2. The molecule has 1 amide bonds. The average Bonchev–Trinajstić information content (AvgIpc) is 3.28. The summed E-state index contributed by atoms with van der Waals surface area (Å²) in [4.78, 5) is 28.3. The zero-order valence-electron chi connectivity index (χ0n) is 26.3. The van der Waals surface area contributed by atoms with Crippen LogP contribution in [0.3, 0.4) is 0 Å². The highest BCUT2D eigenvalue weighted by Crippen LogP contribution is 2.50. The Morgan fingerprint density at radius 1 is 0.837 bits per heavy atom. The van der Waals surface area contributed by atoms with E-state index in [4.69, 9.17) is 23.2 Å². The van der Waals surface area contributed by atoms with E-state index in [0.29, 0.717) is 59.1 Å². The van der Waals surface area contributed by atoms with E-state index in [9.17, 15) is 9.59 Å². The van der Waals surface area contributed by atoms with Crippen molar-refractivity contribution in [2.24, 2.45) is 0 Å². The monoisotopic (exact) mass is 648 g/mol. The van der Waals surface area contributed by atoms with Gasteiger partial charge < -0.3 is 4.40 Å². The average molecular weight is 650 g/mol. The van der Waals surface area contributed by atoms with Gasteiger partial charge in [0.2, 0.25) is 5.78 Å². The number of hydrogen-bond donors (Lipinski definition) is 1. The van der Waals surface area contributed by atoms with Gasteiger partial charge >= 0.3 is 7.59 Å². The summed E-state index contributed by atoms with van der Waals surface area (Å²) in [5.41, 5.74) is 2.05. The van der Waals surface area contributed by atoms with Gasteiger partial charge in [-0.05, 0) is 68.5 Å². The SMILES string of the molecule is CCCCN(CCCC)P(=O)(NC(=O)c1c(C)c(C(=O)c2ccc(Cl)cc2Cl)n2ccccc12)N(CCCC)CCCC. The standard InChI is InChI=1S/C33H47Cl2N4O3P/c1-6-10-19-37(20-11-7-2)43(42,38(21-12-8-3)22-13-9-4)36-33(41)30-25(5)31(39-23-15-14-16-29(30)39)32(40)27-18-17-26(34)24-28(27)35/h14-18,23-24H,6-13,19-22H2,1-5H3,(H,36,41,42). The number of nitrogens with one attached hydrogen (secondary N) is 1. The number of carbonyl (C=O) groups excluding carboxylic acids is 2. The molecular formula is C33H47Cl2N4O3P. The molecule has 0 unspecified atom stereocenters. The van der Waals surface area contributed by atoms with E-state index in [1.54, 1.807) is 29.7 Å². The minimum absolute atomic E-state index is 0.239. The largest absolute Gasteiger partial charge is 0.313 e. The summed E-state index contributed by atoms with van der Waals surface area (Å²) < 4.78 is 21.1. The molecule has 0 atom stereocenters. The molecule has 0 saturated heterocycles. The highest BCUT2D eigenvalue weighted by atomic mass is 35.5. The molecule has 2 heterocycles. The van der Waals surface area contributed by atoms with Crippen molar-refractivity contribution in [2.75, 3.05) is 26.2 Å². The molecule has 0 aliphatic heterocycles. The Bertz CT molecular complexity index is 1400. The molecule has 0 bridgehead atoms. The van der Waals surface area contributed by atoms with Gasteiger partial charge in [0, 0.05) is 43.0 Å². The van der Waals surface area contributed by atoms with E-state index < -0.39 is 13.5 Å². The second-order valence-corrected chi connectivity index (χ2v) is 14.4. The normalized spacial score (nSPS) is 12.0. The fraction of sp³-hybridized carbons (Fsp3) is 0.515. The molecule has 1 N–H and O–H groups in total. The molecule has 0 fully saturated rings. The number of nitrogens with zero attached hydrogens (tertiary/aromatic N) is 3. The Hall–Kier alpha value is -2.15. The van der Waals surface area contributed by atoms with E-state index in [1.807, 2.05) is 27.5 Å². The predicted molar refractivity (Wildman–Crippen MR) is 180 cm³/mol. The summed E-state index contributed by atoms with van der Waals surface area (Å²) in [5.74, 6) is -0.760. The first-order valence-corrected chi connectivity index (χ1v) is 18.0. The van der Waals surface area contributed by atoms with Crippen LogP contribution in [0.25, 0.3) is 5.52 Å². The van der Waals surface area contributed by atoms with Crippen molar-refractivity contribution in [3.63, 3.8) is 0 Å². The fourth-order valence-corrected chi connectivity index (χ4v) is 8.50. The van der Waals surface area contributed by atoms with Crippen molar-refractivity contribution in [3.8, 4) is 0 Å². The number of amides is 1. The zero-order chi connectivity index (χ0) is 31.6. The molecule has 2 aromatic heterocycles. The van der Waals surface area contributed by atoms with Crippen LogP contribution in [0.4, 0.5) is 0 Å². The van der Waals surface area contributed by atoms with Crippen LogP contribution in [-0.4, -0.2) is 51.6 Å². The van der Waals surface area contributed by atoms with Gasteiger partial charge in [0.05, 0.1) is 21.8 Å². The summed E-state index contributed by atoms with van der Waals surface area (Å²) >= 11 is 12.5. The lowest BCUT2D eigenvalue weighted by molar-refractivity contribution is 0.0974. The van der Waals surface area contributed by atoms with Crippen molar-refractivity contribution in [3.05, 3.63) is 75.0 Å².